The SMILES string of the molecule is CCOC(CCOC1CCCCC1NC)OCC. The summed E-state index contributed by atoms with van der Waals surface area (Å²) in [6, 6.07) is 0.511. The minimum atomic E-state index is -0.114. The summed E-state index contributed by atoms with van der Waals surface area (Å²) in [4.78, 5) is 0. The molecule has 0 bridgehead atoms. The zero-order valence-electron chi connectivity index (χ0n) is 12.1. The molecule has 1 rings (SSSR count). The monoisotopic (exact) mass is 259 g/mol. The molecule has 0 aromatic rings. The molecular weight excluding hydrogens is 230 g/mol. The van der Waals surface area contributed by atoms with Gasteiger partial charge in [0.1, 0.15) is 0 Å². The second-order valence-corrected chi connectivity index (χ2v) is 4.72. The van der Waals surface area contributed by atoms with E-state index < -0.39 is 0 Å². The van der Waals surface area contributed by atoms with Crippen molar-refractivity contribution in [1.82, 2.24) is 5.32 Å². The van der Waals surface area contributed by atoms with Gasteiger partial charge in [-0.05, 0) is 33.7 Å². The third kappa shape index (κ3) is 5.65. The van der Waals surface area contributed by atoms with E-state index in [2.05, 4.69) is 5.32 Å². The second kappa shape index (κ2) is 9.73. The Morgan fingerprint density at radius 3 is 2.39 bits per heavy atom. The van der Waals surface area contributed by atoms with Gasteiger partial charge in [0.2, 0.25) is 0 Å². The van der Waals surface area contributed by atoms with Crippen molar-refractivity contribution in [3.63, 3.8) is 0 Å². The van der Waals surface area contributed by atoms with E-state index in [-0.39, 0.29) is 6.29 Å². The predicted molar refractivity (Wildman–Crippen MR) is 72.7 cm³/mol. The molecule has 0 aromatic heterocycles. The maximum absolute atomic E-state index is 5.99. The lowest BCUT2D eigenvalue weighted by Crippen LogP contribution is -2.42. The molecule has 0 saturated heterocycles. The summed E-state index contributed by atoms with van der Waals surface area (Å²) >= 11 is 0. The van der Waals surface area contributed by atoms with Crippen molar-refractivity contribution >= 4 is 0 Å². The van der Waals surface area contributed by atoms with Crippen LogP contribution in [0.25, 0.3) is 0 Å². The largest absolute Gasteiger partial charge is 0.376 e. The van der Waals surface area contributed by atoms with Crippen molar-refractivity contribution in [2.75, 3.05) is 26.9 Å². The van der Waals surface area contributed by atoms with E-state index >= 15 is 0 Å². The minimum absolute atomic E-state index is 0.114. The Morgan fingerprint density at radius 1 is 1.11 bits per heavy atom. The van der Waals surface area contributed by atoms with Gasteiger partial charge in [-0.25, -0.2) is 0 Å². The van der Waals surface area contributed by atoms with Crippen LogP contribution in [0.15, 0.2) is 0 Å². The van der Waals surface area contributed by atoms with E-state index in [1.54, 1.807) is 0 Å². The van der Waals surface area contributed by atoms with Crippen molar-refractivity contribution < 1.29 is 14.2 Å². The number of nitrogens with one attached hydrogen (secondary N) is 1. The minimum Gasteiger partial charge on any atom is -0.376 e. The molecule has 2 unspecified atom stereocenters. The van der Waals surface area contributed by atoms with Gasteiger partial charge < -0.3 is 19.5 Å². The van der Waals surface area contributed by atoms with Crippen LogP contribution in [0.1, 0.15) is 46.0 Å². The smallest absolute Gasteiger partial charge is 0.159 e. The fourth-order valence-electron chi connectivity index (χ4n) is 2.53. The molecule has 18 heavy (non-hydrogen) atoms. The second-order valence-electron chi connectivity index (χ2n) is 4.72. The van der Waals surface area contributed by atoms with Crippen LogP contribution in [-0.2, 0) is 14.2 Å². The summed E-state index contributed by atoms with van der Waals surface area (Å²) in [7, 11) is 2.02. The maximum atomic E-state index is 5.99. The van der Waals surface area contributed by atoms with Gasteiger partial charge in [0, 0.05) is 25.7 Å². The first kappa shape index (κ1) is 15.9. The Bertz CT molecular complexity index is 195. The van der Waals surface area contributed by atoms with Crippen LogP contribution in [-0.4, -0.2) is 45.3 Å². The van der Waals surface area contributed by atoms with E-state index in [0.717, 1.165) is 6.42 Å². The van der Waals surface area contributed by atoms with E-state index in [1.807, 2.05) is 20.9 Å². The van der Waals surface area contributed by atoms with Crippen LogP contribution in [0.4, 0.5) is 0 Å². The van der Waals surface area contributed by atoms with Crippen LogP contribution in [0.5, 0.6) is 0 Å². The average molecular weight is 259 g/mol. The molecule has 0 aliphatic heterocycles. The van der Waals surface area contributed by atoms with Crippen LogP contribution in [0, 0.1) is 0 Å². The molecule has 0 spiro atoms. The third-order valence-corrected chi connectivity index (χ3v) is 3.46. The summed E-state index contributed by atoms with van der Waals surface area (Å²) in [5, 5.41) is 3.35. The van der Waals surface area contributed by atoms with Gasteiger partial charge in [-0.2, -0.15) is 0 Å². The van der Waals surface area contributed by atoms with Gasteiger partial charge in [0.05, 0.1) is 12.7 Å². The number of likely N-dealkylation sites (N-methyl/N-ethyl adjacent to an activating group) is 1. The van der Waals surface area contributed by atoms with Gasteiger partial charge in [-0.1, -0.05) is 12.8 Å². The summed E-state index contributed by atoms with van der Waals surface area (Å²) in [5.41, 5.74) is 0. The molecule has 0 radical (unpaired) electrons. The molecule has 4 heteroatoms. The van der Waals surface area contributed by atoms with Crippen molar-refractivity contribution in [3.8, 4) is 0 Å². The molecule has 1 aliphatic rings. The third-order valence-electron chi connectivity index (χ3n) is 3.46. The van der Waals surface area contributed by atoms with E-state index in [0.29, 0.717) is 32.0 Å². The lowest BCUT2D eigenvalue weighted by atomic mass is 9.92. The van der Waals surface area contributed by atoms with Crippen molar-refractivity contribution in [2.45, 2.75) is 64.4 Å². The number of ether oxygens (including phenoxy) is 3. The van der Waals surface area contributed by atoms with E-state index in [4.69, 9.17) is 14.2 Å². The van der Waals surface area contributed by atoms with Crippen LogP contribution >= 0.6 is 0 Å². The lowest BCUT2D eigenvalue weighted by molar-refractivity contribution is -0.151. The van der Waals surface area contributed by atoms with Gasteiger partial charge in [-0.3, -0.25) is 0 Å². The predicted octanol–water partition coefficient (Wildman–Crippen LogP) is 2.32. The zero-order chi connectivity index (χ0) is 13.2. The number of hydrogen-bond acceptors (Lipinski definition) is 4. The van der Waals surface area contributed by atoms with Crippen molar-refractivity contribution in [3.05, 3.63) is 0 Å². The zero-order valence-corrected chi connectivity index (χ0v) is 12.1. The van der Waals surface area contributed by atoms with Crippen LogP contribution in [0.2, 0.25) is 0 Å². The fraction of sp³-hybridized carbons (Fsp3) is 1.00. The highest BCUT2D eigenvalue weighted by Gasteiger charge is 2.24. The van der Waals surface area contributed by atoms with Gasteiger partial charge >= 0.3 is 0 Å². The summed E-state index contributed by atoms with van der Waals surface area (Å²) in [6.07, 6.45) is 6.04. The Kier molecular flexibility index (Phi) is 8.59. The average Bonchev–Trinajstić information content (AvgIpc) is 2.40. The molecule has 1 N–H and O–H groups in total. The number of hydrogen-bond donors (Lipinski definition) is 1. The highest BCUT2D eigenvalue weighted by atomic mass is 16.7. The van der Waals surface area contributed by atoms with Crippen molar-refractivity contribution in [2.24, 2.45) is 0 Å². The first-order valence-corrected chi connectivity index (χ1v) is 7.33. The molecule has 0 heterocycles. The Morgan fingerprint density at radius 2 is 1.78 bits per heavy atom. The van der Waals surface area contributed by atoms with Gasteiger partial charge in [-0.15, -0.1) is 0 Å². The lowest BCUT2D eigenvalue weighted by Gasteiger charge is -2.31. The van der Waals surface area contributed by atoms with E-state index in [9.17, 15) is 0 Å². The highest BCUT2D eigenvalue weighted by Crippen LogP contribution is 2.21. The molecule has 2 atom stereocenters. The quantitative estimate of drug-likeness (QED) is 0.645. The standard InChI is InChI=1S/C14H29NO3/c1-4-16-14(17-5-2)10-11-18-13-9-7-6-8-12(13)15-3/h12-15H,4-11H2,1-3H3. The van der Waals surface area contributed by atoms with E-state index in [1.165, 1.54) is 25.7 Å². The Balaban J connectivity index is 2.21. The number of rotatable bonds is 9. The molecule has 1 aliphatic carbocycles. The topological polar surface area (TPSA) is 39.7 Å². The molecule has 1 saturated carbocycles. The summed E-state index contributed by atoms with van der Waals surface area (Å²) < 4.78 is 17.0. The molecule has 0 aromatic carbocycles. The van der Waals surface area contributed by atoms with Crippen LogP contribution in [0.3, 0.4) is 0 Å². The summed E-state index contributed by atoms with van der Waals surface area (Å²) in [6.45, 7) is 6.07. The van der Waals surface area contributed by atoms with Gasteiger partial charge in [0.15, 0.2) is 6.29 Å². The summed E-state index contributed by atoms with van der Waals surface area (Å²) in [5.74, 6) is 0. The fourth-order valence-corrected chi connectivity index (χ4v) is 2.53. The first-order valence-electron chi connectivity index (χ1n) is 7.33. The van der Waals surface area contributed by atoms with Crippen molar-refractivity contribution in [1.29, 1.82) is 0 Å². The molecule has 4 nitrogen and oxygen atoms in total. The Hall–Kier alpha value is -0.160. The molecule has 108 valence electrons. The van der Waals surface area contributed by atoms with Gasteiger partial charge in [0.25, 0.3) is 0 Å². The normalized spacial score (nSPS) is 24.7. The Labute approximate surface area is 111 Å². The molecule has 0 amide bonds. The highest BCUT2D eigenvalue weighted by molar-refractivity contribution is 4.80. The molecule has 1 fully saturated rings. The molecular formula is C14H29NO3. The maximum Gasteiger partial charge on any atom is 0.159 e. The first-order chi connectivity index (χ1) is 8.81. The van der Waals surface area contributed by atoms with Crippen LogP contribution < -0.4 is 5.32 Å².